The van der Waals surface area contributed by atoms with Crippen LogP contribution in [0, 0.1) is 5.92 Å². The predicted molar refractivity (Wildman–Crippen MR) is 97.6 cm³/mol. The third kappa shape index (κ3) is 4.93. The lowest BCUT2D eigenvalue weighted by atomic mass is 10.0. The number of nitrogens with zero attached hydrogens (tertiary/aromatic N) is 4. The van der Waals surface area contributed by atoms with Crippen molar-refractivity contribution >= 4 is 17.6 Å². The Hall–Kier alpha value is -2.64. The lowest BCUT2D eigenvalue weighted by Crippen LogP contribution is -2.43. The fraction of sp³-hybridized carbons (Fsp3) is 0.556. The number of likely N-dealkylation sites (N-methyl/N-ethyl adjacent to an activating group) is 1. The minimum atomic E-state index is -0.608. The molecule has 0 aliphatic rings. The molecule has 0 aromatic carbocycles. The number of ether oxygens (including phenoxy) is 1. The molecule has 0 aliphatic heterocycles. The van der Waals surface area contributed by atoms with Gasteiger partial charge < -0.3 is 15.0 Å². The van der Waals surface area contributed by atoms with E-state index in [0.29, 0.717) is 11.5 Å². The molecule has 2 aromatic rings. The Morgan fingerprint density at radius 2 is 1.96 bits per heavy atom. The van der Waals surface area contributed by atoms with Gasteiger partial charge in [0.05, 0.1) is 6.04 Å². The second-order valence-electron chi connectivity index (χ2n) is 7.61. The fourth-order valence-corrected chi connectivity index (χ4v) is 2.44. The van der Waals surface area contributed by atoms with E-state index < -0.39 is 11.7 Å². The Labute approximate surface area is 153 Å². The van der Waals surface area contributed by atoms with E-state index in [1.807, 2.05) is 42.6 Å². The summed E-state index contributed by atoms with van der Waals surface area (Å²) in [6.45, 7) is 9.23. The van der Waals surface area contributed by atoms with Crippen LogP contribution >= 0.6 is 0 Å². The quantitative estimate of drug-likeness (QED) is 0.883. The largest absolute Gasteiger partial charge is 0.444 e. The molecule has 8 nitrogen and oxygen atoms in total. The van der Waals surface area contributed by atoms with Gasteiger partial charge in [0.2, 0.25) is 5.91 Å². The molecule has 2 rings (SSSR count). The first kappa shape index (κ1) is 19.7. The molecule has 0 spiro atoms. The van der Waals surface area contributed by atoms with Crippen LogP contribution in [0.1, 0.15) is 46.5 Å². The van der Waals surface area contributed by atoms with Crippen LogP contribution in [-0.2, 0) is 9.53 Å². The zero-order valence-corrected chi connectivity index (χ0v) is 16.2. The van der Waals surface area contributed by atoms with Crippen molar-refractivity contribution < 1.29 is 14.3 Å². The lowest BCUT2D eigenvalue weighted by Gasteiger charge is -2.26. The molecule has 2 amide bonds. The Kier molecular flexibility index (Phi) is 5.84. The van der Waals surface area contributed by atoms with Crippen LogP contribution in [0.2, 0.25) is 0 Å². The molecule has 1 unspecified atom stereocenters. The van der Waals surface area contributed by atoms with Gasteiger partial charge in [-0.2, -0.15) is 0 Å². The normalized spacial score (nSPS) is 12.9. The first-order chi connectivity index (χ1) is 12.1. The van der Waals surface area contributed by atoms with Crippen LogP contribution in [0.15, 0.2) is 24.4 Å². The molecule has 2 heterocycles. The Morgan fingerprint density at radius 1 is 1.27 bits per heavy atom. The van der Waals surface area contributed by atoms with Crippen molar-refractivity contribution in [2.75, 3.05) is 13.6 Å². The van der Waals surface area contributed by atoms with Crippen LogP contribution in [0.3, 0.4) is 0 Å². The molecule has 0 saturated heterocycles. The molecular formula is C18H27N5O3. The van der Waals surface area contributed by atoms with Crippen molar-refractivity contribution in [1.29, 1.82) is 0 Å². The molecule has 0 saturated carbocycles. The number of fused-ring (bicyclic) bond motifs is 1. The molecule has 0 bridgehead atoms. The summed E-state index contributed by atoms with van der Waals surface area (Å²) < 4.78 is 7.11. The summed E-state index contributed by atoms with van der Waals surface area (Å²) in [5, 5.41) is 11.3. The standard InChI is InChI=1S/C18H27N5O3/c1-12(2)15(16-21-20-13-9-7-8-10-23(13)16)19-14(24)11-22(6)17(25)26-18(3,4)5/h7-10,12,15H,11H2,1-6H3,(H,19,24). The van der Waals surface area contributed by atoms with Gasteiger partial charge in [0, 0.05) is 13.2 Å². The number of carbonyl (C=O) groups is 2. The van der Waals surface area contributed by atoms with Crippen molar-refractivity contribution in [3.8, 4) is 0 Å². The van der Waals surface area contributed by atoms with E-state index in [1.165, 1.54) is 11.9 Å². The molecular weight excluding hydrogens is 334 g/mol. The monoisotopic (exact) mass is 361 g/mol. The second-order valence-corrected chi connectivity index (χ2v) is 7.61. The van der Waals surface area contributed by atoms with E-state index in [-0.39, 0.29) is 24.4 Å². The Balaban J connectivity index is 2.08. The SMILES string of the molecule is CC(C)C(NC(=O)CN(C)C(=O)OC(C)(C)C)c1nnc2ccccn12. The van der Waals surface area contributed by atoms with Crippen molar-refractivity contribution in [3.63, 3.8) is 0 Å². The van der Waals surface area contributed by atoms with Gasteiger partial charge in [0.1, 0.15) is 12.1 Å². The van der Waals surface area contributed by atoms with Gasteiger partial charge in [0.15, 0.2) is 11.5 Å². The van der Waals surface area contributed by atoms with Gasteiger partial charge in [-0.15, -0.1) is 10.2 Å². The Morgan fingerprint density at radius 3 is 2.58 bits per heavy atom. The van der Waals surface area contributed by atoms with Crippen molar-refractivity contribution in [2.45, 2.75) is 46.3 Å². The fourth-order valence-electron chi connectivity index (χ4n) is 2.44. The van der Waals surface area contributed by atoms with E-state index in [2.05, 4.69) is 15.5 Å². The maximum Gasteiger partial charge on any atom is 0.410 e. The van der Waals surface area contributed by atoms with E-state index in [9.17, 15) is 9.59 Å². The van der Waals surface area contributed by atoms with Crippen LogP contribution < -0.4 is 5.32 Å². The Bertz CT molecular complexity index is 778. The number of nitrogens with one attached hydrogen (secondary N) is 1. The van der Waals surface area contributed by atoms with Gasteiger partial charge in [-0.3, -0.25) is 9.20 Å². The van der Waals surface area contributed by atoms with Crippen molar-refractivity contribution in [1.82, 2.24) is 24.8 Å². The summed E-state index contributed by atoms with van der Waals surface area (Å²) in [6.07, 6.45) is 1.32. The average Bonchev–Trinajstić information content (AvgIpc) is 2.94. The molecule has 1 atom stereocenters. The van der Waals surface area contributed by atoms with Crippen molar-refractivity contribution in [3.05, 3.63) is 30.2 Å². The maximum absolute atomic E-state index is 12.5. The summed E-state index contributed by atoms with van der Waals surface area (Å²) in [6, 6.07) is 5.29. The molecule has 0 radical (unpaired) electrons. The van der Waals surface area contributed by atoms with E-state index in [0.717, 1.165) is 0 Å². The summed E-state index contributed by atoms with van der Waals surface area (Å²) in [5.74, 6) is 0.465. The van der Waals surface area contributed by atoms with Gasteiger partial charge in [-0.25, -0.2) is 4.79 Å². The first-order valence-corrected chi connectivity index (χ1v) is 8.61. The van der Waals surface area contributed by atoms with Crippen LogP contribution in [0.4, 0.5) is 4.79 Å². The van der Waals surface area contributed by atoms with Gasteiger partial charge >= 0.3 is 6.09 Å². The van der Waals surface area contributed by atoms with Crippen LogP contribution in [0.25, 0.3) is 5.65 Å². The predicted octanol–water partition coefficient (Wildman–Crippen LogP) is 2.41. The van der Waals surface area contributed by atoms with Gasteiger partial charge in [-0.05, 0) is 38.8 Å². The molecule has 8 heteroatoms. The zero-order chi connectivity index (χ0) is 19.5. The highest BCUT2D eigenvalue weighted by Crippen LogP contribution is 2.20. The number of hydrogen-bond acceptors (Lipinski definition) is 5. The summed E-state index contributed by atoms with van der Waals surface area (Å²) in [7, 11) is 1.53. The number of carbonyl (C=O) groups excluding carboxylic acids is 2. The molecule has 0 aliphatic carbocycles. The molecule has 2 aromatic heterocycles. The molecule has 142 valence electrons. The van der Waals surface area contributed by atoms with Gasteiger partial charge in [0.25, 0.3) is 0 Å². The zero-order valence-electron chi connectivity index (χ0n) is 16.2. The van der Waals surface area contributed by atoms with E-state index in [4.69, 9.17) is 4.74 Å². The van der Waals surface area contributed by atoms with Crippen molar-refractivity contribution in [2.24, 2.45) is 5.92 Å². The average molecular weight is 361 g/mol. The first-order valence-electron chi connectivity index (χ1n) is 8.61. The van der Waals surface area contributed by atoms with Crippen LogP contribution in [-0.4, -0.2) is 50.7 Å². The lowest BCUT2D eigenvalue weighted by molar-refractivity contribution is -0.123. The smallest absolute Gasteiger partial charge is 0.410 e. The molecule has 26 heavy (non-hydrogen) atoms. The number of pyridine rings is 1. The summed E-state index contributed by atoms with van der Waals surface area (Å²) in [5.41, 5.74) is 0.108. The number of aromatic nitrogens is 3. The van der Waals surface area contributed by atoms with E-state index >= 15 is 0 Å². The topological polar surface area (TPSA) is 88.8 Å². The molecule has 1 N–H and O–H groups in total. The third-order valence-electron chi connectivity index (χ3n) is 3.69. The highest BCUT2D eigenvalue weighted by molar-refractivity contribution is 5.82. The highest BCUT2D eigenvalue weighted by atomic mass is 16.6. The maximum atomic E-state index is 12.5. The number of rotatable bonds is 5. The highest BCUT2D eigenvalue weighted by Gasteiger charge is 2.26. The third-order valence-corrected chi connectivity index (χ3v) is 3.69. The van der Waals surface area contributed by atoms with Crippen LogP contribution in [0.5, 0.6) is 0 Å². The van der Waals surface area contributed by atoms with E-state index in [1.54, 1.807) is 20.8 Å². The summed E-state index contributed by atoms with van der Waals surface area (Å²) in [4.78, 5) is 25.7. The van der Waals surface area contributed by atoms with Gasteiger partial charge in [-0.1, -0.05) is 19.9 Å². The minimum Gasteiger partial charge on any atom is -0.444 e. The summed E-state index contributed by atoms with van der Waals surface area (Å²) >= 11 is 0. The molecule has 0 fully saturated rings. The second kappa shape index (κ2) is 7.72. The number of amides is 2. The minimum absolute atomic E-state index is 0.0957. The number of hydrogen-bond donors (Lipinski definition) is 1.